The Labute approximate surface area is 105 Å². The minimum atomic E-state index is 0.269. The minimum absolute atomic E-state index is 0.269. The summed E-state index contributed by atoms with van der Waals surface area (Å²) in [6.45, 7) is 3.94. The maximum absolute atomic E-state index is 11.6. The summed E-state index contributed by atoms with van der Waals surface area (Å²) in [5.74, 6) is 0.269. The van der Waals surface area contributed by atoms with Gasteiger partial charge in [0, 0.05) is 12.8 Å². The van der Waals surface area contributed by atoms with Gasteiger partial charge in [-0.1, -0.05) is 48.6 Å². The zero-order valence-electron chi connectivity index (χ0n) is 10.5. The van der Waals surface area contributed by atoms with Crippen LogP contribution in [0, 0.1) is 0 Å². The maximum atomic E-state index is 11.6. The lowest BCUT2D eigenvalue weighted by molar-refractivity contribution is -0.117. The largest absolute Gasteiger partial charge is 0.299 e. The number of hydrogen-bond acceptors (Lipinski definition) is 1. The molecule has 0 aromatic heterocycles. The van der Waals surface area contributed by atoms with Crippen LogP contribution in [0.25, 0.3) is 0 Å². The molecule has 1 heteroatoms. The molecule has 0 N–H and O–H groups in total. The van der Waals surface area contributed by atoms with E-state index in [0.717, 1.165) is 37.7 Å². The SMILES string of the molecule is C=C1CC=CCCC=CCCC=CCC(=O)C1. The van der Waals surface area contributed by atoms with E-state index in [-0.39, 0.29) is 5.78 Å². The summed E-state index contributed by atoms with van der Waals surface area (Å²) in [6, 6.07) is 0. The van der Waals surface area contributed by atoms with Gasteiger partial charge in [-0.25, -0.2) is 0 Å². The molecule has 0 heterocycles. The zero-order valence-corrected chi connectivity index (χ0v) is 10.5. The molecule has 0 fully saturated rings. The standard InChI is InChI=1S/C16H22O/c1-15-12-10-8-6-4-2-3-5-7-9-11-13-16(17)14-15/h2-3,8-11H,1,4-7,12-14H2. The molecule has 0 atom stereocenters. The first-order chi connectivity index (χ1) is 8.29. The summed E-state index contributed by atoms with van der Waals surface area (Å²) in [7, 11) is 0. The Morgan fingerprint density at radius 2 is 1.24 bits per heavy atom. The van der Waals surface area contributed by atoms with Crippen molar-refractivity contribution in [3.8, 4) is 0 Å². The molecule has 1 nitrogen and oxygen atoms in total. The van der Waals surface area contributed by atoms with E-state index >= 15 is 0 Å². The topological polar surface area (TPSA) is 17.1 Å². The lowest BCUT2D eigenvalue weighted by atomic mass is 10.1. The number of Topliss-reactive ketones (excluding diaryl/α,β-unsaturated/α-hetero) is 1. The van der Waals surface area contributed by atoms with Crippen molar-refractivity contribution in [1.29, 1.82) is 0 Å². The molecule has 0 radical (unpaired) electrons. The fourth-order valence-electron chi connectivity index (χ4n) is 1.74. The predicted octanol–water partition coefficient (Wildman–Crippen LogP) is 4.52. The van der Waals surface area contributed by atoms with Crippen molar-refractivity contribution >= 4 is 5.78 Å². The Balaban J connectivity index is 2.48. The normalized spacial score (nSPS) is 20.0. The van der Waals surface area contributed by atoms with E-state index in [4.69, 9.17) is 0 Å². The lowest BCUT2D eigenvalue weighted by Gasteiger charge is -1.99. The average molecular weight is 230 g/mol. The highest BCUT2D eigenvalue weighted by Gasteiger charge is 2.01. The number of rotatable bonds is 0. The first-order valence-corrected chi connectivity index (χ1v) is 6.42. The molecule has 0 unspecified atom stereocenters. The first-order valence-electron chi connectivity index (χ1n) is 6.42. The molecule has 0 spiro atoms. The third kappa shape index (κ3) is 7.51. The number of ketones is 1. The third-order valence-electron chi connectivity index (χ3n) is 2.70. The fourth-order valence-corrected chi connectivity index (χ4v) is 1.74. The molecule has 0 bridgehead atoms. The van der Waals surface area contributed by atoms with Crippen molar-refractivity contribution in [3.63, 3.8) is 0 Å². The summed E-state index contributed by atoms with van der Waals surface area (Å²) in [5.41, 5.74) is 1.02. The van der Waals surface area contributed by atoms with Crippen molar-refractivity contribution in [2.45, 2.75) is 44.9 Å². The second kappa shape index (κ2) is 8.74. The Kier molecular flexibility index (Phi) is 7.04. The number of hydrogen-bond donors (Lipinski definition) is 0. The van der Waals surface area contributed by atoms with Crippen LogP contribution in [-0.4, -0.2) is 5.78 Å². The Bertz CT molecular complexity index is 299. The molecule has 0 aromatic rings. The van der Waals surface area contributed by atoms with Gasteiger partial charge in [0.1, 0.15) is 5.78 Å². The van der Waals surface area contributed by atoms with Crippen LogP contribution in [0.2, 0.25) is 0 Å². The van der Waals surface area contributed by atoms with Gasteiger partial charge in [-0.05, 0) is 32.1 Å². The van der Waals surface area contributed by atoms with Crippen molar-refractivity contribution in [2.24, 2.45) is 0 Å². The molecule has 92 valence electrons. The van der Waals surface area contributed by atoms with Crippen LogP contribution in [0.4, 0.5) is 0 Å². The lowest BCUT2D eigenvalue weighted by Crippen LogP contribution is -1.97. The summed E-state index contributed by atoms with van der Waals surface area (Å²) >= 11 is 0. The quantitative estimate of drug-likeness (QED) is 0.559. The molecule has 1 aliphatic rings. The molecule has 0 aromatic carbocycles. The van der Waals surface area contributed by atoms with Crippen LogP contribution >= 0.6 is 0 Å². The molecule has 17 heavy (non-hydrogen) atoms. The van der Waals surface area contributed by atoms with E-state index < -0.39 is 0 Å². The van der Waals surface area contributed by atoms with Gasteiger partial charge in [0.05, 0.1) is 0 Å². The van der Waals surface area contributed by atoms with Gasteiger partial charge < -0.3 is 0 Å². The maximum Gasteiger partial charge on any atom is 0.140 e. The molecule has 1 rings (SSSR count). The summed E-state index contributed by atoms with van der Waals surface area (Å²) < 4.78 is 0. The summed E-state index contributed by atoms with van der Waals surface area (Å²) in [6.07, 6.45) is 19.0. The van der Waals surface area contributed by atoms with E-state index in [1.54, 1.807) is 0 Å². The highest BCUT2D eigenvalue weighted by atomic mass is 16.1. The molecule has 0 aliphatic heterocycles. The number of carbonyl (C=O) groups is 1. The number of allylic oxidation sites excluding steroid dienone is 7. The molecule has 0 saturated carbocycles. The third-order valence-corrected chi connectivity index (χ3v) is 2.70. The Hall–Kier alpha value is -1.37. The highest BCUT2D eigenvalue weighted by Crippen LogP contribution is 2.09. The second-order valence-corrected chi connectivity index (χ2v) is 4.44. The van der Waals surface area contributed by atoms with Crippen LogP contribution in [0.5, 0.6) is 0 Å². The van der Waals surface area contributed by atoms with Gasteiger partial charge in [0.2, 0.25) is 0 Å². The predicted molar refractivity (Wildman–Crippen MR) is 73.9 cm³/mol. The zero-order chi connectivity index (χ0) is 12.3. The van der Waals surface area contributed by atoms with Gasteiger partial charge in [0.15, 0.2) is 0 Å². The van der Waals surface area contributed by atoms with E-state index in [9.17, 15) is 4.79 Å². The first kappa shape index (κ1) is 13.7. The molecular formula is C16H22O. The van der Waals surface area contributed by atoms with Gasteiger partial charge in [-0.15, -0.1) is 0 Å². The van der Waals surface area contributed by atoms with Crippen molar-refractivity contribution in [1.82, 2.24) is 0 Å². The minimum Gasteiger partial charge on any atom is -0.299 e. The van der Waals surface area contributed by atoms with Crippen LogP contribution in [0.15, 0.2) is 48.6 Å². The highest BCUT2D eigenvalue weighted by molar-refractivity contribution is 5.82. The smallest absolute Gasteiger partial charge is 0.140 e. The van der Waals surface area contributed by atoms with E-state index in [0.29, 0.717) is 12.8 Å². The molecule has 1 aliphatic carbocycles. The van der Waals surface area contributed by atoms with Crippen LogP contribution in [0.1, 0.15) is 44.9 Å². The van der Waals surface area contributed by atoms with E-state index in [1.807, 2.05) is 6.08 Å². The Morgan fingerprint density at radius 1 is 0.765 bits per heavy atom. The monoisotopic (exact) mass is 230 g/mol. The van der Waals surface area contributed by atoms with Crippen molar-refractivity contribution < 1.29 is 4.79 Å². The Morgan fingerprint density at radius 3 is 1.82 bits per heavy atom. The van der Waals surface area contributed by atoms with Crippen molar-refractivity contribution in [2.75, 3.05) is 0 Å². The average Bonchev–Trinajstić information content (AvgIpc) is 2.30. The van der Waals surface area contributed by atoms with Crippen LogP contribution < -0.4 is 0 Å². The van der Waals surface area contributed by atoms with Crippen LogP contribution in [0.3, 0.4) is 0 Å². The molecule has 0 amide bonds. The number of carbonyl (C=O) groups excluding carboxylic acids is 1. The summed E-state index contributed by atoms with van der Waals surface area (Å²) in [5, 5.41) is 0. The van der Waals surface area contributed by atoms with Gasteiger partial charge in [-0.2, -0.15) is 0 Å². The van der Waals surface area contributed by atoms with E-state index in [2.05, 4.69) is 37.0 Å². The van der Waals surface area contributed by atoms with E-state index in [1.165, 1.54) is 0 Å². The van der Waals surface area contributed by atoms with Gasteiger partial charge >= 0.3 is 0 Å². The van der Waals surface area contributed by atoms with Crippen molar-refractivity contribution in [3.05, 3.63) is 48.6 Å². The van der Waals surface area contributed by atoms with Gasteiger partial charge in [0.25, 0.3) is 0 Å². The molecular weight excluding hydrogens is 208 g/mol. The second-order valence-electron chi connectivity index (χ2n) is 4.44. The molecule has 0 saturated heterocycles. The fraction of sp³-hybridized carbons (Fsp3) is 0.438. The summed E-state index contributed by atoms with van der Waals surface area (Å²) in [4.78, 5) is 11.6. The van der Waals surface area contributed by atoms with Crippen LogP contribution in [-0.2, 0) is 4.79 Å². The van der Waals surface area contributed by atoms with Gasteiger partial charge in [-0.3, -0.25) is 4.79 Å².